The fourth-order valence-electron chi connectivity index (χ4n) is 3.07. The number of hydrogen-bond acceptors (Lipinski definition) is 5. The van der Waals surface area contributed by atoms with Gasteiger partial charge in [-0.25, -0.2) is 8.42 Å². The largest absolute Gasteiger partial charge is 0.497 e. The van der Waals surface area contributed by atoms with Crippen LogP contribution >= 0.6 is 11.6 Å². The number of benzene rings is 3. The van der Waals surface area contributed by atoms with Crippen molar-refractivity contribution in [1.82, 2.24) is 0 Å². The molecule has 0 saturated heterocycles. The van der Waals surface area contributed by atoms with E-state index >= 15 is 0 Å². The number of amides is 1. The Hall–Kier alpha value is -3.03. The Morgan fingerprint density at radius 1 is 0.969 bits per heavy atom. The van der Waals surface area contributed by atoms with E-state index in [-0.39, 0.29) is 10.6 Å². The number of nitrogens with zero attached hydrogens (tertiary/aromatic N) is 1. The van der Waals surface area contributed by atoms with E-state index in [0.717, 1.165) is 15.4 Å². The van der Waals surface area contributed by atoms with Crippen LogP contribution in [0, 0.1) is 13.8 Å². The highest BCUT2D eigenvalue weighted by molar-refractivity contribution is 7.93. The molecule has 3 rings (SSSR count). The Morgan fingerprint density at radius 2 is 1.59 bits per heavy atom. The Kier molecular flexibility index (Phi) is 7.11. The number of halogens is 1. The van der Waals surface area contributed by atoms with Crippen molar-refractivity contribution in [2.75, 3.05) is 11.4 Å². The molecule has 1 amide bonds. The highest BCUT2D eigenvalue weighted by Gasteiger charge is 2.35. The summed E-state index contributed by atoms with van der Waals surface area (Å²) < 4.78 is 38.8. The SMILES string of the molecule is COc1ccc(N(C(=O)C(C)Oc2ccc(Cl)cc2C)S(=O)(=O)c2ccc(C)cc2)cc1. The lowest BCUT2D eigenvalue weighted by atomic mass is 10.2. The lowest BCUT2D eigenvalue weighted by Gasteiger charge is -2.26. The zero-order valence-corrected chi connectivity index (χ0v) is 19.8. The number of ether oxygens (including phenoxy) is 2. The fraction of sp³-hybridized carbons (Fsp3) is 0.208. The lowest BCUT2D eigenvalue weighted by Crippen LogP contribution is -2.44. The highest BCUT2D eigenvalue weighted by atomic mass is 35.5. The maximum absolute atomic E-state index is 13.5. The molecule has 0 aliphatic rings. The molecular weight excluding hydrogens is 450 g/mol. The van der Waals surface area contributed by atoms with Crippen molar-refractivity contribution in [1.29, 1.82) is 0 Å². The van der Waals surface area contributed by atoms with Crippen molar-refractivity contribution in [2.45, 2.75) is 31.8 Å². The molecule has 0 saturated carbocycles. The first-order valence-corrected chi connectivity index (χ1v) is 11.7. The van der Waals surface area contributed by atoms with E-state index < -0.39 is 22.0 Å². The standard InChI is InChI=1S/C24H24ClNO5S/c1-16-5-12-22(13-6-16)32(28,29)26(20-8-10-21(30-4)11-9-20)24(27)18(3)31-23-14-7-19(25)15-17(23)2/h5-15,18H,1-4H3. The van der Waals surface area contributed by atoms with Crippen LogP contribution in [0.4, 0.5) is 5.69 Å². The van der Waals surface area contributed by atoms with Crippen molar-refractivity contribution >= 4 is 33.2 Å². The minimum atomic E-state index is -4.20. The number of anilines is 1. The predicted octanol–water partition coefficient (Wildman–Crippen LogP) is 5.15. The van der Waals surface area contributed by atoms with E-state index in [4.69, 9.17) is 21.1 Å². The summed E-state index contributed by atoms with van der Waals surface area (Å²) in [5, 5.41) is 0.538. The third-order valence-corrected chi connectivity index (χ3v) is 6.83. The summed E-state index contributed by atoms with van der Waals surface area (Å²) in [4.78, 5) is 13.4. The van der Waals surface area contributed by atoms with Crippen molar-refractivity contribution in [2.24, 2.45) is 0 Å². The third-order valence-electron chi connectivity index (χ3n) is 4.85. The molecule has 0 radical (unpaired) electrons. The normalized spacial score (nSPS) is 12.2. The smallest absolute Gasteiger partial charge is 0.281 e. The van der Waals surface area contributed by atoms with Crippen LogP contribution in [0.15, 0.2) is 71.6 Å². The molecule has 32 heavy (non-hydrogen) atoms. The summed E-state index contributed by atoms with van der Waals surface area (Å²) in [6.07, 6.45) is -1.09. The first kappa shape index (κ1) is 23.6. The van der Waals surface area contributed by atoms with Crippen LogP contribution in [-0.4, -0.2) is 27.5 Å². The average molecular weight is 474 g/mol. The summed E-state index contributed by atoms with van der Waals surface area (Å²) in [5.41, 5.74) is 1.82. The maximum atomic E-state index is 13.5. The molecule has 0 spiro atoms. The van der Waals surface area contributed by atoms with Gasteiger partial charge in [0.05, 0.1) is 17.7 Å². The van der Waals surface area contributed by atoms with E-state index in [9.17, 15) is 13.2 Å². The molecule has 1 atom stereocenters. The van der Waals surface area contributed by atoms with E-state index in [1.165, 1.54) is 38.3 Å². The first-order chi connectivity index (χ1) is 15.1. The second-order valence-electron chi connectivity index (χ2n) is 7.29. The van der Waals surface area contributed by atoms with Gasteiger partial charge in [0.2, 0.25) is 0 Å². The zero-order valence-electron chi connectivity index (χ0n) is 18.2. The zero-order chi connectivity index (χ0) is 23.5. The summed E-state index contributed by atoms with van der Waals surface area (Å²) in [6.45, 7) is 5.16. The molecule has 3 aromatic carbocycles. The lowest BCUT2D eigenvalue weighted by molar-refractivity contribution is -0.123. The molecular formula is C24H24ClNO5S. The summed E-state index contributed by atoms with van der Waals surface area (Å²) >= 11 is 5.99. The van der Waals surface area contributed by atoms with Gasteiger partial charge in [-0.15, -0.1) is 0 Å². The van der Waals surface area contributed by atoms with Gasteiger partial charge in [-0.1, -0.05) is 29.3 Å². The molecule has 0 fully saturated rings. The van der Waals surface area contributed by atoms with E-state index in [2.05, 4.69) is 0 Å². The molecule has 168 valence electrons. The van der Waals surface area contributed by atoms with Gasteiger partial charge in [0.15, 0.2) is 6.10 Å². The van der Waals surface area contributed by atoms with Crippen molar-refractivity contribution in [3.05, 3.63) is 82.9 Å². The van der Waals surface area contributed by atoms with Crippen LogP contribution in [0.2, 0.25) is 5.02 Å². The first-order valence-electron chi connectivity index (χ1n) is 9.86. The van der Waals surface area contributed by atoms with Gasteiger partial charge >= 0.3 is 0 Å². The number of aryl methyl sites for hydroxylation is 2. The molecule has 0 N–H and O–H groups in total. The van der Waals surface area contributed by atoms with Gasteiger partial charge in [-0.3, -0.25) is 4.79 Å². The number of rotatable bonds is 7. The average Bonchev–Trinajstić information content (AvgIpc) is 2.76. The predicted molar refractivity (Wildman–Crippen MR) is 125 cm³/mol. The second-order valence-corrected chi connectivity index (χ2v) is 9.51. The monoisotopic (exact) mass is 473 g/mol. The van der Waals surface area contributed by atoms with Gasteiger partial charge in [0.1, 0.15) is 11.5 Å². The Bertz CT molecular complexity index is 1210. The van der Waals surface area contributed by atoms with Crippen LogP contribution in [0.5, 0.6) is 11.5 Å². The van der Waals surface area contributed by atoms with Gasteiger partial charge in [0.25, 0.3) is 15.9 Å². The topological polar surface area (TPSA) is 72.9 Å². The molecule has 0 aliphatic carbocycles. The van der Waals surface area contributed by atoms with Gasteiger partial charge in [-0.2, -0.15) is 4.31 Å². The summed E-state index contributed by atoms with van der Waals surface area (Å²) in [5.74, 6) is 0.248. The number of sulfonamides is 1. The molecule has 0 aliphatic heterocycles. The second kappa shape index (κ2) is 9.63. The Labute approximate surface area is 193 Å². The van der Waals surface area contributed by atoms with E-state index in [0.29, 0.717) is 16.5 Å². The van der Waals surface area contributed by atoms with Crippen molar-refractivity contribution in [3.8, 4) is 11.5 Å². The number of carbonyl (C=O) groups excluding carboxylic acids is 1. The van der Waals surface area contributed by atoms with E-state index in [1.807, 2.05) is 6.92 Å². The van der Waals surface area contributed by atoms with Gasteiger partial charge in [0, 0.05) is 5.02 Å². The van der Waals surface area contributed by atoms with E-state index in [1.54, 1.807) is 49.4 Å². The molecule has 1 unspecified atom stereocenters. The van der Waals surface area contributed by atoms with Gasteiger partial charge < -0.3 is 9.47 Å². The minimum absolute atomic E-state index is 0.00198. The van der Waals surface area contributed by atoms with Crippen molar-refractivity contribution in [3.63, 3.8) is 0 Å². The molecule has 0 heterocycles. The molecule has 3 aromatic rings. The van der Waals surface area contributed by atoms with Crippen molar-refractivity contribution < 1.29 is 22.7 Å². The summed E-state index contributed by atoms with van der Waals surface area (Å²) in [6, 6.07) is 17.5. The van der Waals surface area contributed by atoms with Gasteiger partial charge in [-0.05, 0) is 80.9 Å². The molecule has 0 bridgehead atoms. The maximum Gasteiger partial charge on any atom is 0.281 e. The van der Waals surface area contributed by atoms with Crippen LogP contribution < -0.4 is 13.8 Å². The fourth-order valence-corrected chi connectivity index (χ4v) is 4.77. The molecule has 0 aromatic heterocycles. The Morgan fingerprint density at radius 3 is 2.16 bits per heavy atom. The third kappa shape index (κ3) is 5.06. The number of methoxy groups -OCH3 is 1. The van der Waals surface area contributed by atoms with Crippen LogP contribution in [-0.2, 0) is 14.8 Å². The molecule has 8 heteroatoms. The van der Waals surface area contributed by atoms with Crippen LogP contribution in [0.25, 0.3) is 0 Å². The number of carbonyl (C=O) groups is 1. The number of hydrogen-bond donors (Lipinski definition) is 0. The highest BCUT2D eigenvalue weighted by Crippen LogP contribution is 2.29. The van der Waals surface area contributed by atoms with Crippen LogP contribution in [0.1, 0.15) is 18.1 Å². The quantitative estimate of drug-likeness (QED) is 0.474. The van der Waals surface area contributed by atoms with Crippen LogP contribution in [0.3, 0.4) is 0 Å². The Balaban J connectivity index is 2.02. The molecule has 6 nitrogen and oxygen atoms in total. The summed E-state index contributed by atoms with van der Waals surface area (Å²) in [7, 11) is -2.70. The minimum Gasteiger partial charge on any atom is -0.497 e.